The maximum absolute atomic E-state index is 12.3. The average Bonchev–Trinajstić information content (AvgIpc) is 2.56. The Morgan fingerprint density at radius 1 is 1.33 bits per heavy atom. The van der Waals surface area contributed by atoms with Crippen molar-refractivity contribution < 1.29 is 14.3 Å². The summed E-state index contributed by atoms with van der Waals surface area (Å²) in [5.74, 6) is -0.295. The molecule has 1 fully saturated rings. The fourth-order valence-electron chi connectivity index (χ4n) is 2.53. The fraction of sp³-hybridized carbons (Fsp3) is 0.500. The summed E-state index contributed by atoms with van der Waals surface area (Å²) in [5.41, 5.74) is 1.25. The van der Waals surface area contributed by atoms with Crippen LogP contribution in [0.3, 0.4) is 0 Å². The molecule has 134 valence electrons. The Hall–Kier alpha value is -1.34. The van der Waals surface area contributed by atoms with Gasteiger partial charge in [0.15, 0.2) is 0 Å². The second-order valence-corrected chi connectivity index (χ2v) is 6.01. The van der Waals surface area contributed by atoms with E-state index in [1.165, 1.54) is 7.11 Å². The number of carbonyl (C=O) groups excluding carboxylic acids is 2. The van der Waals surface area contributed by atoms with Gasteiger partial charge in [-0.15, -0.1) is 12.4 Å². The lowest BCUT2D eigenvalue weighted by atomic mass is 10.1. The minimum Gasteiger partial charge on any atom is -0.465 e. The van der Waals surface area contributed by atoms with Crippen LogP contribution in [0.1, 0.15) is 15.9 Å². The molecule has 2 rings (SSSR count). The van der Waals surface area contributed by atoms with E-state index in [4.69, 9.17) is 16.3 Å². The number of carbonyl (C=O) groups is 2. The second-order valence-electron chi connectivity index (χ2n) is 5.60. The first-order chi connectivity index (χ1) is 11.0. The summed E-state index contributed by atoms with van der Waals surface area (Å²) in [7, 11) is 3.20. The molecule has 1 aromatic rings. The van der Waals surface area contributed by atoms with E-state index in [-0.39, 0.29) is 18.3 Å². The number of likely N-dealkylation sites (N-methyl/N-ethyl adjacent to an activating group) is 1. The number of amides is 1. The zero-order valence-corrected chi connectivity index (χ0v) is 15.5. The molecule has 1 N–H and O–H groups in total. The normalized spacial score (nSPS) is 14.2. The van der Waals surface area contributed by atoms with Crippen LogP contribution in [0.25, 0.3) is 0 Å². The summed E-state index contributed by atoms with van der Waals surface area (Å²) in [4.78, 5) is 27.6. The van der Waals surface area contributed by atoms with Gasteiger partial charge in [-0.05, 0) is 30.8 Å². The monoisotopic (exact) mass is 375 g/mol. The number of halogens is 2. The van der Waals surface area contributed by atoms with Crippen molar-refractivity contribution in [3.05, 3.63) is 34.3 Å². The van der Waals surface area contributed by atoms with E-state index < -0.39 is 5.97 Å². The van der Waals surface area contributed by atoms with Crippen LogP contribution in [0.5, 0.6) is 0 Å². The third kappa shape index (κ3) is 5.63. The number of piperazine rings is 1. The minimum absolute atomic E-state index is 0. The maximum Gasteiger partial charge on any atom is 0.337 e. The van der Waals surface area contributed by atoms with Crippen LogP contribution in [-0.4, -0.2) is 68.6 Å². The third-order valence-corrected chi connectivity index (χ3v) is 4.15. The molecular formula is C16H23Cl2N3O3. The summed E-state index contributed by atoms with van der Waals surface area (Å²) in [6.45, 7) is 3.96. The largest absolute Gasteiger partial charge is 0.465 e. The van der Waals surface area contributed by atoms with E-state index in [0.717, 1.165) is 31.7 Å². The second kappa shape index (κ2) is 9.84. The van der Waals surface area contributed by atoms with E-state index in [0.29, 0.717) is 23.7 Å². The SMILES string of the molecule is COC(=O)c1ccc(Cl)c(CN(C)CC(=O)N2CCNCC2)c1.Cl. The van der Waals surface area contributed by atoms with Gasteiger partial charge >= 0.3 is 5.97 Å². The van der Waals surface area contributed by atoms with Crippen LogP contribution in [0, 0.1) is 0 Å². The number of benzene rings is 1. The molecular weight excluding hydrogens is 353 g/mol. The summed E-state index contributed by atoms with van der Waals surface area (Å²) in [5, 5.41) is 3.79. The number of hydrogen-bond donors (Lipinski definition) is 1. The highest BCUT2D eigenvalue weighted by atomic mass is 35.5. The highest BCUT2D eigenvalue weighted by Gasteiger charge is 2.18. The summed E-state index contributed by atoms with van der Waals surface area (Å²) in [6, 6.07) is 5.01. The number of nitrogens with one attached hydrogen (secondary N) is 1. The van der Waals surface area contributed by atoms with Gasteiger partial charge in [0.05, 0.1) is 19.2 Å². The number of methoxy groups -OCH3 is 1. The zero-order chi connectivity index (χ0) is 16.8. The van der Waals surface area contributed by atoms with Crippen molar-refractivity contribution in [3.63, 3.8) is 0 Å². The predicted molar refractivity (Wildman–Crippen MR) is 95.8 cm³/mol. The highest BCUT2D eigenvalue weighted by Crippen LogP contribution is 2.19. The Morgan fingerprint density at radius 2 is 2.00 bits per heavy atom. The molecule has 1 heterocycles. The quantitative estimate of drug-likeness (QED) is 0.788. The average molecular weight is 376 g/mol. The van der Waals surface area contributed by atoms with Crippen molar-refractivity contribution >= 4 is 35.9 Å². The molecule has 0 aromatic heterocycles. The molecule has 0 radical (unpaired) electrons. The molecule has 6 nitrogen and oxygen atoms in total. The molecule has 24 heavy (non-hydrogen) atoms. The first-order valence-electron chi connectivity index (χ1n) is 7.55. The maximum atomic E-state index is 12.3. The number of ether oxygens (including phenoxy) is 1. The first-order valence-corrected chi connectivity index (χ1v) is 7.93. The van der Waals surface area contributed by atoms with Crippen molar-refractivity contribution in [2.45, 2.75) is 6.54 Å². The summed E-state index contributed by atoms with van der Waals surface area (Å²) in [6.07, 6.45) is 0. The predicted octanol–water partition coefficient (Wildman–Crippen LogP) is 1.41. The Kier molecular flexibility index (Phi) is 8.48. The lowest BCUT2D eigenvalue weighted by molar-refractivity contribution is -0.132. The molecule has 0 atom stereocenters. The Balaban J connectivity index is 0.00000288. The van der Waals surface area contributed by atoms with E-state index >= 15 is 0 Å². The van der Waals surface area contributed by atoms with Gasteiger partial charge in [-0.2, -0.15) is 0 Å². The van der Waals surface area contributed by atoms with Gasteiger partial charge in [-0.1, -0.05) is 11.6 Å². The van der Waals surface area contributed by atoms with Crippen molar-refractivity contribution in [3.8, 4) is 0 Å². The van der Waals surface area contributed by atoms with Gasteiger partial charge in [0.2, 0.25) is 5.91 Å². The van der Waals surface area contributed by atoms with Gasteiger partial charge in [-0.3, -0.25) is 9.69 Å². The number of nitrogens with zero attached hydrogens (tertiary/aromatic N) is 2. The van der Waals surface area contributed by atoms with Crippen LogP contribution >= 0.6 is 24.0 Å². The molecule has 1 aromatic carbocycles. The first kappa shape index (κ1) is 20.7. The van der Waals surface area contributed by atoms with E-state index in [1.54, 1.807) is 18.2 Å². The van der Waals surface area contributed by atoms with Gasteiger partial charge in [0.25, 0.3) is 0 Å². The number of hydrogen-bond acceptors (Lipinski definition) is 5. The molecule has 0 unspecified atom stereocenters. The zero-order valence-electron chi connectivity index (χ0n) is 13.9. The fourth-order valence-corrected chi connectivity index (χ4v) is 2.71. The third-order valence-electron chi connectivity index (χ3n) is 3.78. The van der Waals surface area contributed by atoms with E-state index in [9.17, 15) is 9.59 Å². The van der Waals surface area contributed by atoms with Crippen LogP contribution < -0.4 is 5.32 Å². The highest BCUT2D eigenvalue weighted by molar-refractivity contribution is 6.31. The summed E-state index contributed by atoms with van der Waals surface area (Å²) >= 11 is 6.19. The van der Waals surface area contributed by atoms with Crippen LogP contribution in [0.4, 0.5) is 0 Å². The van der Waals surface area contributed by atoms with Gasteiger partial charge in [0, 0.05) is 37.7 Å². The van der Waals surface area contributed by atoms with Crippen molar-refractivity contribution in [1.29, 1.82) is 0 Å². The van der Waals surface area contributed by atoms with Gasteiger partial charge in [0.1, 0.15) is 0 Å². The molecule has 0 aliphatic carbocycles. The number of esters is 1. The van der Waals surface area contributed by atoms with Gasteiger partial charge in [-0.25, -0.2) is 4.79 Å². The Morgan fingerprint density at radius 3 is 2.62 bits per heavy atom. The molecule has 1 aliphatic heterocycles. The summed E-state index contributed by atoms with van der Waals surface area (Å²) < 4.78 is 4.72. The van der Waals surface area contributed by atoms with Gasteiger partial charge < -0.3 is 15.0 Å². The van der Waals surface area contributed by atoms with Crippen molar-refractivity contribution in [1.82, 2.24) is 15.1 Å². The topological polar surface area (TPSA) is 61.9 Å². The van der Waals surface area contributed by atoms with Crippen LogP contribution in [0.15, 0.2) is 18.2 Å². The molecule has 0 spiro atoms. The lowest BCUT2D eigenvalue weighted by Crippen LogP contribution is -2.49. The van der Waals surface area contributed by atoms with E-state index in [1.807, 2.05) is 16.8 Å². The van der Waals surface area contributed by atoms with Crippen LogP contribution in [-0.2, 0) is 16.1 Å². The van der Waals surface area contributed by atoms with E-state index in [2.05, 4.69) is 5.32 Å². The van der Waals surface area contributed by atoms with Crippen molar-refractivity contribution in [2.75, 3.05) is 46.9 Å². The molecule has 1 amide bonds. The molecule has 1 aliphatic rings. The molecule has 0 saturated carbocycles. The molecule has 8 heteroatoms. The minimum atomic E-state index is -0.400. The Bertz CT molecular complexity index is 578. The van der Waals surface area contributed by atoms with Crippen LogP contribution in [0.2, 0.25) is 5.02 Å². The standard InChI is InChI=1S/C16H22ClN3O3.ClH/c1-19(11-15(21)20-7-5-18-6-8-20)10-13-9-12(16(22)23-2)3-4-14(13)17;/h3-4,9,18H,5-8,10-11H2,1-2H3;1H. The lowest BCUT2D eigenvalue weighted by Gasteiger charge is -2.29. The molecule has 0 bridgehead atoms. The smallest absolute Gasteiger partial charge is 0.337 e. The molecule has 1 saturated heterocycles. The van der Waals surface area contributed by atoms with Crippen molar-refractivity contribution in [2.24, 2.45) is 0 Å². The number of rotatable bonds is 5. The Labute approximate surface area is 153 Å².